The molecule has 0 aliphatic heterocycles. The summed E-state index contributed by atoms with van der Waals surface area (Å²) in [7, 11) is 1.56. The van der Waals surface area contributed by atoms with E-state index in [0.29, 0.717) is 42.1 Å². The van der Waals surface area contributed by atoms with Gasteiger partial charge in [0.25, 0.3) is 5.91 Å². The monoisotopic (exact) mass is 382 g/mol. The van der Waals surface area contributed by atoms with Crippen LogP contribution in [0.4, 0.5) is 0 Å². The fourth-order valence-electron chi connectivity index (χ4n) is 3.71. The van der Waals surface area contributed by atoms with Crippen molar-refractivity contribution in [1.82, 2.24) is 10.3 Å². The molecular weight excluding hydrogens is 352 g/mol. The lowest BCUT2D eigenvalue weighted by atomic mass is 9.82. The first kappa shape index (κ1) is 20.3. The Morgan fingerprint density at radius 1 is 1.11 bits per heavy atom. The van der Waals surface area contributed by atoms with Gasteiger partial charge in [-0.1, -0.05) is 24.3 Å². The summed E-state index contributed by atoms with van der Waals surface area (Å²) in [6.45, 7) is 1.96. The Bertz CT molecular complexity index is 784. The minimum atomic E-state index is -0.0959. The van der Waals surface area contributed by atoms with Crippen molar-refractivity contribution in [3.63, 3.8) is 0 Å². The van der Waals surface area contributed by atoms with Gasteiger partial charge in [0, 0.05) is 30.3 Å². The molecule has 6 heteroatoms. The van der Waals surface area contributed by atoms with Gasteiger partial charge in [-0.3, -0.25) is 4.79 Å². The third-order valence-electron chi connectivity index (χ3n) is 5.61. The van der Waals surface area contributed by atoms with Crippen LogP contribution in [0.25, 0.3) is 11.3 Å². The van der Waals surface area contributed by atoms with Crippen LogP contribution in [0, 0.1) is 11.8 Å². The number of aromatic nitrogens is 1. The standard InChI is InChI=1S/C22H30N4O2/c1-28-21-11-19(10-20(26-21)18-8-6-16(13-24)7-9-18)22(27)25-14-17-4-2-15(12-23)3-5-17/h6-11,15,17H,2-5,12-14,23-24H2,1H3,(H,25,27). The van der Waals surface area contributed by atoms with Crippen LogP contribution in [0.2, 0.25) is 0 Å². The number of ether oxygens (including phenoxy) is 1. The van der Waals surface area contributed by atoms with Crippen LogP contribution in [0.3, 0.4) is 0 Å². The van der Waals surface area contributed by atoms with Gasteiger partial charge < -0.3 is 21.5 Å². The van der Waals surface area contributed by atoms with E-state index in [1.165, 1.54) is 0 Å². The van der Waals surface area contributed by atoms with Crippen molar-refractivity contribution < 1.29 is 9.53 Å². The predicted octanol–water partition coefficient (Wildman–Crippen LogP) is 2.71. The molecule has 3 rings (SSSR count). The molecule has 2 aromatic rings. The highest BCUT2D eigenvalue weighted by Crippen LogP contribution is 2.28. The van der Waals surface area contributed by atoms with Crippen LogP contribution in [-0.2, 0) is 6.54 Å². The van der Waals surface area contributed by atoms with Gasteiger partial charge in [-0.15, -0.1) is 0 Å². The topological polar surface area (TPSA) is 103 Å². The highest BCUT2D eigenvalue weighted by molar-refractivity contribution is 5.95. The van der Waals surface area contributed by atoms with Crippen LogP contribution < -0.4 is 21.5 Å². The molecule has 28 heavy (non-hydrogen) atoms. The average molecular weight is 383 g/mol. The van der Waals surface area contributed by atoms with Crippen molar-refractivity contribution in [2.45, 2.75) is 32.2 Å². The Morgan fingerprint density at radius 3 is 2.39 bits per heavy atom. The lowest BCUT2D eigenvalue weighted by Crippen LogP contribution is -2.32. The molecule has 0 spiro atoms. The number of amides is 1. The van der Waals surface area contributed by atoms with E-state index in [4.69, 9.17) is 16.2 Å². The Kier molecular flexibility index (Phi) is 7.01. The Hall–Kier alpha value is -2.44. The first-order chi connectivity index (χ1) is 13.6. The van der Waals surface area contributed by atoms with Gasteiger partial charge in [-0.2, -0.15) is 0 Å². The summed E-state index contributed by atoms with van der Waals surface area (Å²) >= 11 is 0. The molecule has 0 unspecified atom stereocenters. The molecule has 1 aliphatic rings. The van der Waals surface area contributed by atoms with Gasteiger partial charge >= 0.3 is 0 Å². The fourth-order valence-corrected chi connectivity index (χ4v) is 3.71. The molecule has 0 radical (unpaired) electrons. The van der Waals surface area contributed by atoms with Crippen molar-refractivity contribution in [2.75, 3.05) is 20.2 Å². The van der Waals surface area contributed by atoms with Crippen LogP contribution >= 0.6 is 0 Å². The molecule has 0 bridgehead atoms. The second-order valence-electron chi connectivity index (χ2n) is 7.52. The molecule has 1 aromatic heterocycles. The normalized spacial score (nSPS) is 19.2. The summed E-state index contributed by atoms with van der Waals surface area (Å²) in [5.41, 5.74) is 14.7. The molecular formula is C22H30N4O2. The molecule has 0 saturated heterocycles. The van der Waals surface area contributed by atoms with E-state index in [-0.39, 0.29) is 5.91 Å². The number of hydrogen-bond donors (Lipinski definition) is 3. The number of benzene rings is 1. The zero-order chi connectivity index (χ0) is 19.9. The number of nitrogens with two attached hydrogens (primary N) is 2. The Morgan fingerprint density at radius 2 is 1.79 bits per heavy atom. The molecule has 1 aromatic carbocycles. The lowest BCUT2D eigenvalue weighted by molar-refractivity contribution is 0.0941. The third-order valence-corrected chi connectivity index (χ3v) is 5.61. The minimum absolute atomic E-state index is 0.0959. The SMILES string of the molecule is COc1cc(C(=O)NCC2CCC(CN)CC2)cc(-c2ccc(CN)cc2)n1. The van der Waals surface area contributed by atoms with Crippen LogP contribution in [0.1, 0.15) is 41.6 Å². The third kappa shape index (κ3) is 5.09. The quantitative estimate of drug-likeness (QED) is 0.683. The molecule has 1 amide bonds. The summed E-state index contributed by atoms with van der Waals surface area (Å²) in [6.07, 6.45) is 4.56. The maximum Gasteiger partial charge on any atom is 0.251 e. The largest absolute Gasteiger partial charge is 0.481 e. The second-order valence-corrected chi connectivity index (χ2v) is 7.52. The number of carbonyl (C=O) groups is 1. The lowest BCUT2D eigenvalue weighted by Gasteiger charge is -2.27. The van der Waals surface area contributed by atoms with Crippen LogP contribution in [0.5, 0.6) is 5.88 Å². The van der Waals surface area contributed by atoms with E-state index in [0.717, 1.165) is 43.4 Å². The zero-order valence-corrected chi connectivity index (χ0v) is 16.5. The number of nitrogens with zero attached hydrogens (tertiary/aromatic N) is 1. The average Bonchev–Trinajstić information content (AvgIpc) is 2.77. The maximum atomic E-state index is 12.7. The maximum absolute atomic E-state index is 12.7. The second kappa shape index (κ2) is 9.66. The molecule has 1 aliphatic carbocycles. The first-order valence-corrected chi connectivity index (χ1v) is 9.96. The van der Waals surface area contributed by atoms with Crippen molar-refractivity contribution in [2.24, 2.45) is 23.3 Å². The van der Waals surface area contributed by atoms with Crippen molar-refractivity contribution in [3.8, 4) is 17.1 Å². The van der Waals surface area contributed by atoms with Crippen molar-refractivity contribution >= 4 is 5.91 Å². The number of pyridine rings is 1. The molecule has 1 heterocycles. The van der Waals surface area contributed by atoms with Gasteiger partial charge in [0.1, 0.15) is 0 Å². The number of rotatable bonds is 7. The van der Waals surface area contributed by atoms with E-state index in [9.17, 15) is 4.79 Å². The van der Waals surface area contributed by atoms with Gasteiger partial charge in [0.05, 0.1) is 12.8 Å². The molecule has 1 fully saturated rings. The minimum Gasteiger partial charge on any atom is -0.481 e. The van der Waals surface area contributed by atoms with Gasteiger partial charge in [-0.25, -0.2) is 4.98 Å². The van der Waals surface area contributed by atoms with E-state index in [1.807, 2.05) is 24.3 Å². The van der Waals surface area contributed by atoms with E-state index in [1.54, 1.807) is 19.2 Å². The molecule has 150 valence electrons. The van der Waals surface area contributed by atoms with E-state index in [2.05, 4.69) is 10.3 Å². The molecule has 1 saturated carbocycles. The van der Waals surface area contributed by atoms with Crippen molar-refractivity contribution in [1.29, 1.82) is 0 Å². The summed E-state index contributed by atoms with van der Waals surface area (Å²) in [6, 6.07) is 11.3. The van der Waals surface area contributed by atoms with Crippen LogP contribution in [-0.4, -0.2) is 31.1 Å². The van der Waals surface area contributed by atoms with Gasteiger partial charge in [0.2, 0.25) is 5.88 Å². The van der Waals surface area contributed by atoms with E-state index >= 15 is 0 Å². The smallest absolute Gasteiger partial charge is 0.251 e. The predicted molar refractivity (Wildman–Crippen MR) is 111 cm³/mol. The number of carbonyl (C=O) groups excluding carboxylic acids is 1. The first-order valence-electron chi connectivity index (χ1n) is 9.96. The Balaban J connectivity index is 1.69. The molecule has 0 atom stereocenters. The van der Waals surface area contributed by atoms with Gasteiger partial charge in [0.15, 0.2) is 0 Å². The molecule has 6 nitrogen and oxygen atoms in total. The van der Waals surface area contributed by atoms with Crippen molar-refractivity contribution in [3.05, 3.63) is 47.5 Å². The number of nitrogens with one attached hydrogen (secondary N) is 1. The summed E-state index contributed by atoms with van der Waals surface area (Å²) in [4.78, 5) is 17.2. The molecule has 5 N–H and O–H groups in total. The highest BCUT2D eigenvalue weighted by Gasteiger charge is 2.21. The van der Waals surface area contributed by atoms with Gasteiger partial charge in [-0.05, 0) is 55.7 Å². The van der Waals surface area contributed by atoms with Crippen LogP contribution in [0.15, 0.2) is 36.4 Å². The highest BCUT2D eigenvalue weighted by atomic mass is 16.5. The van der Waals surface area contributed by atoms with E-state index < -0.39 is 0 Å². The number of methoxy groups -OCH3 is 1. The Labute approximate surface area is 166 Å². The summed E-state index contributed by atoms with van der Waals surface area (Å²) in [5.74, 6) is 1.50. The zero-order valence-electron chi connectivity index (χ0n) is 16.5. The fraction of sp³-hybridized carbons (Fsp3) is 0.455. The summed E-state index contributed by atoms with van der Waals surface area (Å²) < 4.78 is 5.31. The summed E-state index contributed by atoms with van der Waals surface area (Å²) in [5, 5.41) is 3.08. The number of hydrogen-bond acceptors (Lipinski definition) is 5.